The summed E-state index contributed by atoms with van der Waals surface area (Å²) in [5.74, 6) is 0.563. The molecule has 2 aromatic carbocycles. The molecule has 0 fully saturated rings. The van der Waals surface area contributed by atoms with Gasteiger partial charge in [0.15, 0.2) is 0 Å². The molecule has 0 heterocycles. The first kappa shape index (κ1) is 17.5. The van der Waals surface area contributed by atoms with Crippen LogP contribution in [0.5, 0.6) is 11.5 Å². The fraction of sp³-hybridized carbons (Fsp3) is 0.235. The summed E-state index contributed by atoms with van der Waals surface area (Å²) in [6, 6.07) is 11.4. The fourth-order valence-electron chi connectivity index (χ4n) is 2.18. The van der Waals surface area contributed by atoms with Crippen LogP contribution in [0.4, 0.5) is 19.3 Å². The Morgan fingerprint density at radius 3 is 2.54 bits per heavy atom. The molecule has 0 aliphatic carbocycles. The largest absolute Gasteiger partial charge is 0.496 e. The summed E-state index contributed by atoms with van der Waals surface area (Å²) in [6.45, 7) is -1.05. The van der Waals surface area contributed by atoms with Crippen molar-refractivity contribution in [2.45, 2.75) is 20.1 Å². The van der Waals surface area contributed by atoms with Crippen LogP contribution in [-0.2, 0) is 6.54 Å². The molecule has 2 N–H and O–H groups in total. The van der Waals surface area contributed by atoms with Gasteiger partial charge in [0.05, 0.1) is 12.8 Å². The van der Waals surface area contributed by atoms with Gasteiger partial charge >= 0.3 is 12.6 Å². The fourth-order valence-corrected chi connectivity index (χ4v) is 2.18. The minimum atomic E-state index is -2.97. The highest BCUT2D eigenvalue weighted by atomic mass is 19.3. The lowest BCUT2D eigenvalue weighted by Gasteiger charge is -2.15. The molecular formula is C17H18F2N2O3. The average molecular weight is 336 g/mol. The quantitative estimate of drug-likeness (QED) is 0.840. The van der Waals surface area contributed by atoms with Crippen molar-refractivity contribution in [1.82, 2.24) is 5.32 Å². The number of hydrogen-bond acceptors (Lipinski definition) is 3. The van der Waals surface area contributed by atoms with Crippen LogP contribution in [0.25, 0.3) is 0 Å². The van der Waals surface area contributed by atoms with Crippen molar-refractivity contribution < 1.29 is 23.0 Å². The Bertz CT molecular complexity index is 708. The standard InChI is InChI=1S/C17H18F2N2O3/c1-11-6-5-9-14(24-16(18)19)15(11)21-17(22)20-10-12-7-3-4-8-13(12)23-2/h3-9,16H,10H2,1-2H3,(H2,20,21,22). The first-order chi connectivity index (χ1) is 11.5. The molecule has 0 unspecified atom stereocenters. The maximum absolute atomic E-state index is 12.5. The topological polar surface area (TPSA) is 59.6 Å². The van der Waals surface area contributed by atoms with Crippen molar-refractivity contribution in [2.24, 2.45) is 0 Å². The molecule has 0 bridgehead atoms. The first-order valence-corrected chi connectivity index (χ1v) is 7.22. The maximum atomic E-state index is 12.5. The van der Waals surface area contributed by atoms with E-state index in [9.17, 15) is 13.6 Å². The van der Waals surface area contributed by atoms with Gasteiger partial charge in [-0.15, -0.1) is 0 Å². The molecule has 2 amide bonds. The van der Waals surface area contributed by atoms with Crippen molar-refractivity contribution in [2.75, 3.05) is 12.4 Å². The molecule has 2 rings (SSSR count). The number of carbonyl (C=O) groups excluding carboxylic acids is 1. The predicted molar refractivity (Wildman–Crippen MR) is 86.7 cm³/mol. The Hall–Kier alpha value is -2.83. The Morgan fingerprint density at radius 1 is 1.12 bits per heavy atom. The smallest absolute Gasteiger partial charge is 0.387 e. The number of amides is 2. The third kappa shape index (κ3) is 4.58. The summed E-state index contributed by atoms with van der Waals surface area (Å²) in [4.78, 5) is 12.1. The molecule has 24 heavy (non-hydrogen) atoms. The molecule has 0 radical (unpaired) electrons. The summed E-state index contributed by atoms with van der Waals surface area (Å²) >= 11 is 0. The Labute approximate surface area is 138 Å². The zero-order valence-corrected chi connectivity index (χ0v) is 13.3. The third-order valence-corrected chi connectivity index (χ3v) is 3.32. The SMILES string of the molecule is COc1ccccc1CNC(=O)Nc1c(C)cccc1OC(F)F. The highest BCUT2D eigenvalue weighted by Gasteiger charge is 2.14. The molecule has 0 aliphatic rings. The number of para-hydroxylation sites is 2. The number of carbonyl (C=O) groups is 1. The zero-order valence-electron chi connectivity index (χ0n) is 13.3. The Balaban J connectivity index is 2.05. The van der Waals surface area contributed by atoms with Gasteiger partial charge in [-0.1, -0.05) is 30.3 Å². The van der Waals surface area contributed by atoms with Crippen LogP contribution >= 0.6 is 0 Å². The monoisotopic (exact) mass is 336 g/mol. The van der Waals surface area contributed by atoms with Crippen molar-refractivity contribution >= 4 is 11.7 Å². The third-order valence-electron chi connectivity index (χ3n) is 3.32. The lowest BCUT2D eigenvalue weighted by molar-refractivity contribution is -0.0493. The van der Waals surface area contributed by atoms with Gasteiger partial charge in [-0.25, -0.2) is 4.79 Å². The Morgan fingerprint density at radius 2 is 1.83 bits per heavy atom. The summed E-state index contributed by atoms with van der Waals surface area (Å²) in [5.41, 5.74) is 1.61. The molecule has 5 nitrogen and oxygen atoms in total. The van der Waals surface area contributed by atoms with Crippen molar-refractivity contribution in [3.63, 3.8) is 0 Å². The van der Waals surface area contributed by atoms with E-state index < -0.39 is 12.6 Å². The number of hydrogen-bond donors (Lipinski definition) is 2. The minimum Gasteiger partial charge on any atom is -0.496 e. The number of rotatable bonds is 6. The highest BCUT2D eigenvalue weighted by molar-refractivity contribution is 5.91. The lowest BCUT2D eigenvalue weighted by atomic mass is 10.2. The van der Waals surface area contributed by atoms with Crippen LogP contribution in [0, 0.1) is 6.92 Å². The van der Waals surface area contributed by atoms with E-state index in [4.69, 9.17) is 4.74 Å². The number of halogens is 2. The molecular weight excluding hydrogens is 318 g/mol. The highest BCUT2D eigenvalue weighted by Crippen LogP contribution is 2.29. The normalized spacial score (nSPS) is 10.4. The summed E-state index contributed by atoms with van der Waals surface area (Å²) in [5, 5.41) is 5.20. The van der Waals surface area contributed by atoms with Gasteiger partial charge in [0.2, 0.25) is 0 Å². The molecule has 7 heteroatoms. The van der Waals surface area contributed by atoms with Gasteiger partial charge in [0.25, 0.3) is 0 Å². The average Bonchev–Trinajstić information content (AvgIpc) is 2.56. The van der Waals surface area contributed by atoms with E-state index in [2.05, 4.69) is 15.4 Å². The number of benzene rings is 2. The van der Waals surface area contributed by atoms with Crippen LogP contribution in [0.3, 0.4) is 0 Å². The van der Waals surface area contributed by atoms with Gasteiger partial charge in [0, 0.05) is 12.1 Å². The molecule has 0 saturated heterocycles. The van der Waals surface area contributed by atoms with E-state index in [0.717, 1.165) is 5.56 Å². The van der Waals surface area contributed by atoms with Crippen LogP contribution in [0.2, 0.25) is 0 Å². The molecule has 0 aromatic heterocycles. The van der Waals surface area contributed by atoms with E-state index in [1.807, 2.05) is 18.2 Å². The van der Waals surface area contributed by atoms with Gasteiger partial charge in [0.1, 0.15) is 11.5 Å². The number of nitrogens with one attached hydrogen (secondary N) is 2. The van der Waals surface area contributed by atoms with Crippen LogP contribution < -0.4 is 20.1 Å². The zero-order chi connectivity index (χ0) is 17.5. The summed E-state index contributed by atoms with van der Waals surface area (Å²) < 4.78 is 34.5. The number of urea groups is 1. The van der Waals surface area contributed by atoms with E-state index >= 15 is 0 Å². The molecule has 0 atom stereocenters. The van der Waals surface area contributed by atoms with Gasteiger partial charge in [-0.3, -0.25) is 0 Å². The van der Waals surface area contributed by atoms with Crippen molar-refractivity contribution in [3.05, 3.63) is 53.6 Å². The van der Waals surface area contributed by atoms with E-state index in [1.165, 1.54) is 6.07 Å². The summed E-state index contributed by atoms with van der Waals surface area (Å²) in [7, 11) is 1.54. The van der Waals surface area contributed by atoms with Crippen LogP contribution in [0.1, 0.15) is 11.1 Å². The second-order valence-electron chi connectivity index (χ2n) is 4.95. The number of alkyl halides is 2. The number of methoxy groups -OCH3 is 1. The van der Waals surface area contributed by atoms with Gasteiger partial charge < -0.3 is 20.1 Å². The van der Waals surface area contributed by atoms with Gasteiger partial charge in [-0.2, -0.15) is 8.78 Å². The van der Waals surface area contributed by atoms with Crippen LogP contribution in [0.15, 0.2) is 42.5 Å². The Kier molecular flexibility index (Phi) is 5.95. The molecule has 0 saturated carbocycles. The maximum Gasteiger partial charge on any atom is 0.387 e. The first-order valence-electron chi connectivity index (χ1n) is 7.22. The van der Waals surface area contributed by atoms with Crippen molar-refractivity contribution in [3.8, 4) is 11.5 Å². The minimum absolute atomic E-state index is 0.0857. The van der Waals surface area contributed by atoms with E-state index in [1.54, 1.807) is 32.2 Å². The second-order valence-corrected chi connectivity index (χ2v) is 4.95. The number of ether oxygens (including phenoxy) is 2. The lowest BCUT2D eigenvalue weighted by Crippen LogP contribution is -2.29. The summed E-state index contributed by atoms with van der Waals surface area (Å²) in [6.07, 6.45) is 0. The van der Waals surface area contributed by atoms with Crippen LogP contribution in [-0.4, -0.2) is 19.8 Å². The molecule has 128 valence electrons. The molecule has 2 aromatic rings. The predicted octanol–water partition coefficient (Wildman–Crippen LogP) is 3.93. The molecule has 0 spiro atoms. The van der Waals surface area contributed by atoms with Crippen molar-refractivity contribution in [1.29, 1.82) is 0 Å². The van der Waals surface area contributed by atoms with E-state index in [0.29, 0.717) is 11.3 Å². The van der Waals surface area contributed by atoms with E-state index in [-0.39, 0.29) is 18.0 Å². The molecule has 0 aliphatic heterocycles. The number of anilines is 1. The van der Waals surface area contributed by atoms with Gasteiger partial charge in [-0.05, 0) is 24.6 Å². The number of aryl methyl sites for hydroxylation is 1. The second kappa shape index (κ2) is 8.14.